The molecule has 0 fully saturated rings. The second-order valence-electron chi connectivity index (χ2n) is 6.40. The number of benzene rings is 1. The molecule has 0 bridgehead atoms. The Kier molecular flexibility index (Phi) is 4.53. The van der Waals surface area contributed by atoms with Gasteiger partial charge in [0.1, 0.15) is 12.3 Å². The van der Waals surface area contributed by atoms with E-state index in [1.54, 1.807) is 17.1 Å². The predicted molar refractivity (Wildman–Crippen MR) is 105 cm³/mol. The van der Waals surface area contributed by atoms with Gasteiger partial charge in [-0.25, -0.2) is 9.67 Å². The predicted octanol–water partition coefficient (Wildman–Crippen LogP) is 3.25. The van der Waals surface area contributed by atoms with E-state index in [1.165, 1.54) is 0 Å². The maximum absolute atomic E-state index is 11.9. The van der Waals surface area contributed by atoms with Crippen molar-refractivity contribution >= 4 is 35.1 Å². The van der Waals surface area contributed by atoms with Crippen LogP contribution in [0.4, 0.5) is 17.2 Å². The summed E-state index contributed by atoms with van der Waals surface area (Å²) in [6, 6.07) is 9.46. The first-order valence-electron chi connectivity index (χ1n) is 8.74. The van der Waals surface area contributed by atoms with Crippen LogP contribution in [0.15, 0.2) is 48.9 Å². The molecule has 0 spiro atoms. The van der Waals surface area contributed by atoms with Gasteiger partial charge in [-0.2, -0.15) is 10.1 Å². The van der Waals surface area contributed by atoms with Crippen LogP contribution in [0, 0.1) is 0 Å². The van der Waals surface area contributed by atoms with Gasteiger partial charge in [-0.15, -0.1) is 0 Å². The zero-order valence-electron chi connectivity index (χ0n) is 15.0. The molecule has 2 atom stereocenters. The highest BCUT2D eigenvalue weighted by Crippen LogP contribution is 2.41. The molecule has 1 aliphatic rings. The zero-order valence-corrected chi connectivity index (χ0v) is 15.8. The Morgan fingerprint density at radius 2 is 2.07 bits per heavy atom. The molecule has 7 nitrogen and oxygen atoms in total. The van der Waals surface area contributed by atoms with Crippen molar-refractivity contribution in [3.8, 4) is 5.69 Å². The first-order chi connectivity index (χ1) is 13.1. The molecule has 0 aliphatic carbocycles. The van der Waals surface area contributed by atoms with Crippen LogP contribution < -0.4 is 9.80 Å². The number of nitrogens with zero attached hydrogens (tertiary/aromatic N) is 6. The van der Waals surface area contributed by atoms with Gasteiger partial charge in [0.05, 0.1) is 23.6 Å². The van der Waals surface area contributed by atoms with E-state index in [-0.39, 0.29) is 17.4 Å². The SMILES string of the molecule is CCC1C(C=O)N(C)c2cnc(Cl)nc2N1c1cccc(-n2cccn2)c1. The molecule has 8 heteroatoms. The van der Waals surface area contributed by atoms with Crippen molar-refractivity contribution < 1.29 is 4.79 Å². The first-order valence-corrected chi connectivity index (χ1v) is 9.11. The Morgan fingerprint density at radius 1 is 1.26 bits per heavy atom. The van der Waals surface area contributed by atoms with E-state index in [0.717, 1.165) is 29.8 Å². The van der Waals surface area contributed by atoms with Crippen LogP contribution in [0.3, 0.4) is 0 Å². The van der Waals surface area contributed by atoms with Crippen molar-refractivity contribution in [1.82, 2.24) is 19.7 Å². The van der Waals surface area contributed by atoms with Crippen molar-refractivity contribution in [3.63, 3.8) is 0 Å². The molecular weight excluding hydrogens is 364 g/mol. The standard InChI is InChI=1S/C19H19ClN6O/c1-3-15-17(12-27)24(2)16-11-21-19(20)23-18(16)26(15)14-7-4-6-13(10-14)25-9-5-8-22-25/h4-12,15,17H,3H2,1-2H3. The van der Waals surface area contributed by atoms with Gasteiger partial charge in [-0.05, 0) is 42.3 Å². The van der Waals surface area contributed by atoms with Gasteiger partial charge >= 0.3 is 0 Å². The smallest absolute Gasteiger partial charge is 0.224 e. The third-order valence-corrected chi connectivity index (χ3v) is 5.12. The summed E-state index contributed by atoms with van der Waals surface area (Å²) in [6.07, 6.45) is 7.04. The summed E-state index contributed by atoms with van der Waals surface area (Å²) >= 11 is 6.10. The molecule has 2 unspecified atom stereocenters. The fourth-order valence-electron chi connectivity index (χ4n) is 3.63. The lowest BCUT2D eigenvalue weighted by atomic mass is 9.98. The van der Waals surface area contributed by atoms with Crippen LogP contribution >= 0.6 is 11.6 Å². The average Bonchev–Trinajstić information content (AvgIpc) is 3.22. The Hall–Kier alpha value is -2.93. The van der Waals surface area contributed by atoms with E-state index in [1.807, 2.05) is 48.5 Å². The summed E-state index contributed by atoms with van der Waals surface area (Å²) in [4.78, 5) is 24.5. The summed E-state index contributed by atoms with van der Waals surface area (Å²) < 4.78 is 1.80. The molecule has 4 rings (SSSR count). The molecule has 3 aromatic rings. The maximum Gasteiger partial charge on any atom is 0.224 e. The van der Waals surface area contributed by atoms with Crippen molar-refractivity contribution in [2.45, 2.75) is 25.4 Å². The third kappa shape index (κ3) is 2.94. The third-order valence-electron chi connectivity index (χ3n) is 4.94. The number of hydrogen-bond donors (Lipinski definition) is 0. The number of anilines is 3. The summed E-state index contributed by atoms with van der Waals surface area (Å²) in [5.74, 6) is 0.695. The Bertz CT molecular complexity index is 961. The normalized spacial score (nSPS) is 19.1. The van der Waals surface area contributed by atoms with Crippen LogP contribution in [0.5, 0.6) is 0 Å². The monoisotopic (exact) mass is 382 g/mol. The molecule has 27 heavy (non-hydrogen) atoms. The average molecular weight is 383 g/mol. The highest BCUT2D eigenvalue weighted by atomic mass is 35.5. The number of likely N-dealkylation sites (N-methyl/N-ethyl adjacent to an activating group) is 1. The summed E-state index contributed by atoms with van der Waals surface area (Å²) in [5.41, 5.74) is 2.62. The molecule has 3 heterocycles. The van der Waals surface area contributed by atoms with Crippen molar-refractivity contribution in [2.75, 3.05) is 16.8 Å². The molecule has 0 N–H and O–H groups in total. The lowest BCUT2D eigenvalue weighted by Gasteiger charge is -2.45. The molecule has 138 valence electrons. The lowest BCUT2D eigenvalue weighted by Crippen LogP contribution is -2.54. The Balaban J connectivity index is 1.89. The maximum atomic E-state index is 11.9. The van der Waals surface area contributed by atoms with Gasteiger partial charge in [-0.3, -0.25) is 0 Å². The molecule has 2 aromatic heterocycles. The highest BCUT2D eigenvalue weighted by molar-refractivity contribution is 6.28. The van der Waals surface area contributed by atoms with Crippen molar-refractivity contribution in [3.05, 3.63) is 54.2 Å². The second-order valence-corrected chi connectivity index (χ2v) is 6.74. The van der Waals surface area contributed by atoms with Crippen LogP contribution in [0.2, 0.25) is 5.28 Å². The number of hydrogen-bond acceptors (Lipinski definition) is 6. The lowest BCUT2D eigenvalue weighted by molar-refractivity contribution is -0.109. The fourth-order valence-corrected chi connectivity index (χ4v) is 3.76. The molecule has 0 radical (unpaired) electrons. The number of halogens is 1. The zero-order chi connectivity index (χ0) is 19.0. The minimum Gasteiger partial charge on any atom is -0.359 e. The van der Waals surface area contributed by atoms with E-state index in [4.69, 9.17) is 11.6 Å². The Labute approximate surface area is 162 Å². The molecule has 1 aromatic carbocycles. The first kappa shape index (κ1) is 17.5. The van der Waals surface area contributed by atoms with Crippen LogP contribution in [-0.4, -0.2) is 45.2 Å². The molecule has 0 saturated heterocycles. The minimum atomic E-state index is -0.319. The topological polar surface area (TPSA) is 67.2 Å². The van der Waals surface area contributed by atoms with Gasteiger partial charge in [0.25, 0.3) is 0 Å². The fraction of sp³-hybridized carbons (Fsp3) is 0.263. The van der Waals surface area contributed by atoms with Gasteiger partial charge in [0.2, 0.25) is 5.28 Å². The summed E-state index contributed by atoms with van der Waals surface area (Å²) in [7, 11) is 1.88. The molecular formula is C19H19ClN6O. The number of fused-ring (bicyclic) bond motifs is 1. The van der Waals surface area contributed by atoms with E-state index in [9.17, 15) is 4.79 Å². The van der Waals surface area contributed by atoms with Crippen LogP contribution in [0.1, 0.15) is 13.3 Å². The number of aldehydes is 1. The molecule has 0 amide bonds. The number of aromatic nitrogens is 4. The number of carbonyl (C=O) groups is 1. The Morgan fingerprint density at radius 3 is 2.78 bits per heavy atom. The van der Waals surface area contributed by atoms with Crippen LogP contribution in [-0.2, 0) is 4.79 Å². The van der Waals surface area contributed by atoms with E-state index in [0.29, 0.717) is 5.82 Å². The van der Waals surface area contributed by atoms with E-state index >= 15 is 0 Å². The van der Waals surface area contributed by atoms with E-state index < -0.39 is 0 Å². The van der Waals surface area contributed by atoms with Crippen molar-refractivity contribution in [1.29, 1.82) is 0 Å². The van der Waals surface area contributed by atoms with Gasteiger partial charge in [0.15, 0.2) is 5.82 Å². The van der Waals surface area contributed by atoms with Gasteiger partial charge in [0, 0.05) is 25.1 Å². The quantitative estimate of drug-likeness (QED) is 0.509. The minimum absolute atomic E-state index is 0.0844. The molecule has 1 aliphatic heterocycles. The highest BCUT2D eigenvalue weighted by Gasteiger charge is 2.38. The van der Waals surface area contributed by atoms with E-state index in [2.05, 4.69) is 26.9 Å². The van der Waals surface area contributed by atoms with Crippen molar-refractivity contribution in [2.24, 2.45) is 0 Å². The summed E-state index contributed by atoms with van der Waals surface area (Å²) in [5, 5.41) is 4.48. The largest absolute Gasteiger partial charge is 0.359 e. The number of carbonyl (C=O) groups excluding carboxylic acids is 1. The molecule has 0 saturated carbocycles. The summed E-state index contributed by atoms with van der Waals surface area (Å²) in [6.45, 7) is 2.06. The van der Waals surface area contributed by atoms with Gasteiger partial charge < -0.3 is 14.6 Å². The number of rotatable bonds is 4. The van der Waals surface area contributed by atoms with Gasteiger partial charge in [-0.1, -0.05) is 13.0 Å². The second kappa shape index (κ2) is 7.00. The van der Waals surface area contributed by atoms with Crippen LogP contribution in [0.25, 0.3) is 5.69 Å².